The predicted molar refractivity (Wildman–Crippen MR) is 96.3 cm³/mol. The van der Waals surface area contributed by atoms with Crippen molar-refractivity contribution in [2.45, 2.75) is 6.10 Å². The zero-order chi connectivity index (χ0) is 18.1. The summed E-state index contributed by atoms with van der Waals surface area (Å²) < 4.78 is 54.4. The van der Waals surface area contributed by atoms with E-state index in [1.807, 2.05) is 0 Å². The maximum absolute atomic E-state index is 14.2. The van der Waals surface area contributed by atoms with E-state index in [2.05, 4.69) is 10.4 Å². The fraction of sp³-hybridized carbons (Fsp3) is 0.278. The van der Waals surface area contributed by atoms with Crippen molar-refractivity contribution in [3.8, 4) is 11.6 Å². The third-order valence-corrected chi connectivity index (χ3v) is 4.17. The summed E-state index contributed by atoms with van der Waals surface area (Å²) in [6.45, 7) is 2.15. The lowest BCUT2D eigenvalue weighted by molar-refractivity contribution is -0.000512. The fourth-order valence-corrected chi connectivity index (χ4v) is 2.93. The molecule has 4 rings (SSSR count). The Morgan fingerprint density at radius 1 is 1.19 bits per heavy atom. The number of halogens is 4. The highest BCUT2D eigenvalue weighted by Crippen LogP contribution is 2.30. The lowest BCUT2D eigenvalue weighted by Crippen LogP contribution is -2.41. The Morgan fingerprint density at radius 2 is 1.96 bits per heavy atom. The number of rotatable bonds is 4. The lowest BCUT2D eigenvalue weighted by atomic mass is 10.2. The number of fused-ring (bicyclic) bond motifs is 1. The number of hydrogen-bond donors (Lipinski definition) is 1. The lowest BCUT2D eigenvalue weighted by Gasteiger charge is -2.23. The van der Waals surface area contributed by atoms with Gasteiger partial charge in [0.2, 0.25) is 5.88 Å². The molecule has 5 nitrogen and oxygen atoms in total. The van der Waals surface area contributed by atoms with E-state index in [-0.39, 0.29) is 36.7 Å². The van der Waals surface area contributed by atoms with E-state index < -0.39 is 17.5 Å². The predicted octanol–water partition coefficient (Wildman–Crippen LogP) is 3.23. The molecule has 0 radical (unpaired) electrons. The summed E-state index contributed by atoms with van der Waals surface area (Å²) in [5.74, 6) is -1.95. The maximum Gasteiger partial charge on any atom is 0.241 e. The van der Waals surface area contributed by atoms with Crippen LogP contribution in [0.4, 0.5) is 13.2 Å². The van der Waals surface area contributed by atoms with Crippen LogP contribution in [0.1, 0.15) is 0 Å². The van der Waals surface area contributed by atoms with Gasteiger partial charge in [0.05, 0.1) is 17.5 Å². The molecule has 0 spiro atoms. The zero-order valence-electron chi connectivity index (χ0n) is 14.1. The first-order valence-corrected chi connectivity index (χ1v) is 8.21. The van der Waals surface area contributed by atoms with Gasteiger partial charge in [-0.2, -0.15) is 0 Å². The minimum absolute atomic E-state index is 0. The van der Waals surface area contributed by atoms with Crippen LogP contribution in [0.5, 0.6) is 5.88 Å². The average Bonchev–Trinajstić information content (AvgIpc) is 2.98. The second-order valence-corrected chi connectivity index (χ2v) is 5.96. The Bertz CT molecular complexity index is 925. The first kappa shape index (κ1) is 19.5. The molecule has 0 bridgehead atoms. The second kappa shape index (κ2) is 8.16. The molecule has 1 aliphatic rings. The monoisotopic (exact) mass is 399 g/mol. The second-order valence-electron chi connectivity index (χ2n) is 5.96. The molecule has 2 heterocycles. The largest absolute Gasteiger partial charge is 0.473 e. The maximum atomic E-state index is 14.2. The van der Waals surface area contributed by atoms with Gasteiger partial charge < -0.3 is 14.8 Å². The Kier molecular flexibility index (Phi) is 5.88. The Balaban J connectivity index is 0.00000210. The summed E-state index contributed by atoms with van der Waals surface area (Å²) in [4.78, 5) is 0. The van der Waals surface area contributed by atoms with Gasteiger partial charge in [-0.1, -0.05) is 6.07 Å². The summed E-state index contributed by atoms with van der Waals surface area (Å²) in [6.07, 6.45) is -0.178. The molecular weight excluding hydrogens is 383 g/mol. The number of hydrogen-bond acceptors (Lipinski definition) is 4. The summed E-state index contributed by atoms with van der Waals surface area (Å²) in [5, 5.41) is 7.68. The first-order valence-electron chi connectivity index (χ1n) is 8.21. The van der Waals surface area contributed by atoms with Crippen molar-refractivity contribution < 1.29 is 22.6 Å². The molecule has 1 aromatic heterocycles. The summed E-state index contributed by atoms with van der Waals surface area (Å²) in [6, 6.07) is 7.39. The molecule has 2 aromatic carbocycles. The summed E-state index contributed by atoms with van der Waals surface area (Å²) in [5.41, 5.74) is 0.00243. The molecule has 1 fully saturated rings. The van der Waals surface area contributed by atoms with Crippen LogP contribution >= 0.6 is 12.4 Å². The molecule has 1 N–H and O–H groups in total. The van der Waals surface area contributed by atoms with E-state index in [0.717, 1.165) is 23.4 Å². The summed E-state index contributed by atoms with van der Waals surface area (Å²) >= 11 is 0. The number of benzene rings is 2. The molecule has 9 heteroatoms. The molecule has 144 valence electrons. The number of aromatic nitrogens is 2. The quantitative estimate of drug-likeness (QED) is 0.731. The van der Waals surface area contributed by atoms with Crippen LogP contribution in [0.3, 0.4) is 0 Å². The van der Waals surface area contributed by atoms with E-state index in [1.165, 1.54) is 24.3 Å². The highest BCUT2D eigenvalue weighted by molar-refractivity contribution is 5.86. The smallest absolute Gasteiger partial charge is 0.241 e. The van der Waals surface area contributed by atoms with Crippen LogP contribution in [0.25, 0.3) is 16.6 Å². The number of nitrogens with one attached hydrogen (secondary N) is 1. The van der Waals surface area contributed by atoms with Gasteiger partial charge in [-0.05, 0) is 30.3 Å². The fourth-order valence-electron chi connectivity index (χ4n) is 2.93. The molecule has 1 unspecified atom stereocenters. The van der Waals surface area contributed by atoms with Crippen molar-refractivity contribution in [3.63, 3.8) is 0 Å². The van der Waals surface area contributed by atoms with Crippen LogP contribution in [-0.4, -0.2) is 42.2 Å². The normalized spacial score (nSPS) is 16.9. The molecule has 0 saturated carbocycles. The molecule has 1 saturated heterocycles. The van der Waals surface area contributed by atoms with Crippen molar-refractivity contribution in [1.29, 1.82) is 0 Å². The molecule has 0 aliphatic carbocycles. The molecule has 1 atom stereocenters. The van der Waals surface area contributed by atoms with E-state index in [0.29, 0.717) is 24.1 Å². The van der Waals surface area contributed by atoms with E-state index in [1.54, 1.807) is 0 Å². The van der Waals surface area contributed by atoms with Crippen molar-refractivity contribution in [2.24, 2.45) is 0 Å². The van der Waals surface area contributed by atoms with Gasteiger partial charge in [0.15, 0.2) is 11.6 Å². The van der Waals surface area contributed by atoms with Crippen molar-refractivity contribution in [3.05, 3.63) is 53.8 Å². The summed E-state index contributed by atoms with van der Waals surface area (Å²) in [7, 11) is 0. The number of nitrogens with zero attached hydrogens (tertiary/aromatic N) is 2. The third-order valence-electron chi connectivity index (χ3n) is 4.17. The van der Waals surface area contributed by atoms with Crippen molar-refractivity contribution in [2.75, 3.05) is 26.3 Å². The number of para-hydroxylation sites is 1. The van der Waals surface area contributed by atoms with Crippen LogP contribution in [0, 0.1) is 17.5 Å². The zero-order valence-corrected chi connectivity index (χ0v) is 14.9. The third kappa shape index (κ3) is 3.87. The van der Waals surface area contributed by atoms with Gasteiger partial charge in [0.1, 0.15) is 24.2 Å². The number of ether oxygens (including phenoxy) is 2. The van der Waals surface area contributed by atoms with Gasteiger partial charge in [-0.3, -0.25) is 0 Å². The van der Waals surface area contributed by atoms with E-state index in [9.17, 15) is 13.2 Å². The molecular formula is C18H17ClF3N3O2. The minimum atomic E-state index is -0.773. The topological polar surface area (TPSA) is 48.3 Å². The SMILES string of the molecule is Cl.Fc1ccc2c(c1)c(OCC1CNCCO1)nn2-c1c(F)cccc1F. The average molecular weight is 400 g/mol. The van der Waals surface area contributed by atoms with Crippen molar-refractivity contribution >= 4 is 23.3 Å². The first-order chi connectivity index (χ1) is 12.6. The van der Waals surface area contributed by atoms with Crippen LogP contribution in [0.2, 0.25) is 0 Å². The minimum Gasteiger partial charge on any atom is -0.473 e. The molecule has 3 aromatic rings. The van der Waals surface area contributed by atoms with Gasteiger partial charge in [-0.25, -0.2) is 17.9 Å². The molecule has 0 amide bonds. The highest BCUT2D eigenvalue weighted by atomic mass is 35.5. The van der Waals surface area contributed by atoms with Gasteiger partial charge in [0, 0.05) is 13.1 Å². The highest BCUT2D eigenvalue weighted by Gasteiger charge is 2.21. The van der Waals surface area contributed by atoms with Gasteiger partial charge in [0.25, 0.3) is 0 Å². The molecule has 1 aliphatic heterocycles. The van der Waals surface area contributed by atoms with E-state index >= 15 is 0 Å². The standard InChI is InChI=1S/C18H16F3N3O2.ClH/c19-11-4-5-16-13(8-11)18(26-10-12-9-22-6-7-25-12)23-24(16)17-14(20)2-1-3-15(17)21;/h1-5,8,12,22H,6-7,9-10H2;1H. The van der Waals surface area contributed by atoms with Crippen LogP contribution in [-0.2, 0) is 4.74 Å². The van der Waals surface area contributed by atoms with Gasteiger partial charge >= 0.3 is 0 Å². The Morgan fingerprint density at radius 3 is 2.67 bits per heavy atom. The van der Waals surface area contributed by atoms with Crippen molar-refractivity contribution in [1.82, 2.24) is 15.1 Å². The van der Waals surface area contributed by atoms with Gasteiger partial charge in [-0.15, -0.1) is 17.5 Å². The number of morpholine rings is 1. The van der Waals surface area contributed by atoms with Crippen LogP contribution in [0.15, 0.2) is 36.4 Å². The van der Waals surface area contributed by atoms with E-state index in [4.69, 9.17) is 9.47 Å². The Hall–Kier alpha value is -2.29. The van der Waals surface area contributed by atoms with Crippen LogP contribution < -0.4 is 10.1 Å². The Labute approximate surface area is 159 Å². The molecule has 27 heavy (non-hydrogen) atoms.